The zero-order valence-electron chi connectivity index (χ0n) is 12.5. The molecular formula is C18H25NO. The Balaban J connectivity index is 1.77. The van der Waals surface area contributed by atoms with Gasteiger partial charge in [-0.25, -0.2) is 0 Å². The van der Waals surface area contributed by atoms with Crippen LogP contribution < -0.4 is 5.32 Å². The number of hydrogen-bond acceptors (Lipinski definition) is 2. The summed E-state index contributed by atoms with van der Waals surface area (Å²) in [6.07, 6.45) is 6.33. The van der Waals surface area contributed by atoms with Crippen molar-refractivity contribution >= 4 is 5.78 Å². The molecule has 1 aromatic rings. The number of fused-ring (bicyclic) bond motifs is 1. The van der Waals surface area contributed by atoms with Crippen LogP contribution in [0, 0.1) is 5.41 Å². The van der Waals surface area contributed by atoms with Gasteiger partial charge in [-0.15, -0.1) is 0 Å². The third-order valence-corrected chi connectivity index (χ3v) is 5.44. The second kappa shape index (κ2) is 5.69. The van der Waals surface area contributed by atoms with Crippen LogP contribution in [0.2, 0.25) is 0 Å². The number of rotatable bonds is 4. The van der Waals surface area contributed by atoms with Crippen molar-refractivity contribution in [3.05, 3.63) is 35.4 Å². The second-order valence-electron chi connectivity index (χ2n) is 6.48. The van der Waals surface area contributed by atoms with E-state index < -0.39 is 0 Å². The summed E-state index contributed by atoms with van der Waals surface area (Å²) >= 11 is 0. The molecule has 0 bridgehead atoms. The fourth-order valence-corrected chi connectivity index (χ4v) is 3.99. The minimum absolute atomic E-state index is 0.0770. The van der Waals surface area contributed by atoms with Crippen LogP contribution in [-0.4, -0.2) is 18.9 Å². The summed E-state index contributed by atoms with van der Waals surface area (Å²) in [4.78, 5) is 12.8. The predicted molar refractivity (Wildman–Crippen MR) is 82.0 cm³/mol. The van der Waals surface area contributed by atoms with Crippen molar-refractivity contribution in [2.24, 2.45) is 5.41 Å². The zero-order valence-corrected chi connectivity index (χ0v) is 12.5. The summed E-state index contributed by atoms with van der Waals surface area (Å²) in [7, 11) is 0. The molecule has 0 spiro atoms. The van der Waals surface area contributed by atoms with E-state index in [1.54, 1.807) is 0 Å². The van der Waals surface area contributed by atoms with E-state index >= 15 is 0 Å². The molecule has 1 heterocycles. The number of ketones is 1. The molecule has 108 valence electrons. The molecule has 2 atom stereocenters. The molecule has 1 aromatic carbocycles. The van der Waals surface area contributed by atoms with Crippen LogP contribution in [0.1, 0.15) is 56.1 Å². The van der Waals surface area contributed by atoms with Crippen LogP contribution in [0.15, 0.2) is 24.3 Å². The number of aryl methyl sites for hydroxylation is 1. The van der Waals surface area contributed by atoms with Crippen LogP contribution in [0.25, 0.3) is 0 Å². The minimum Gasteiger partial charge on any atom is -0.316 e. The number of hydrogen-bond donors (Lipinski definition) is 1. The van der Waals surface area contributed by atoms with Gasteiger partial charge in [0.1, 0.15) is 5.78 Å². The van der Waals surface area contributed by atoms with E-state index in [2.05, 4.69) is 36.5 Å². The number of carbonyl (C=O) groups excluding carboxylic acids is 1. The fraction of sp³-hybridized carbons (Fsp3) is 0.611. The standard InChI is InChI=1S/C18H25NO/c1-2-18(10-11-19-13-18)17(20)12-15-8-5-7-14-6-3-4-9-16(14)15/h3-4,6,9,15,19H,2,5,7-8,10-13H2,1H3. The Morgan fingerprint density at radius 2 is 2.25 bits per heavy atom. The van der Waals surface area contributed by atoms with Crippen molar-refractivity contribution in [1.82, 2.24) is 5.32 Å². The van der Waals surface area contributed by atoms with Gasteiger partial charge in [-0.3, -0.25) is 4.79 Å². The highest BCUT2D eigenvalue weighted by molar-refractivity contribution is 5.86. The van der Waals surface area contributed by atoms with Gasteiger partial charge >= 0.3 is 0 Å². The third kappa shape index (κ3) is 2.42. The van der Waals surface area contributed by atoms with Gasteiger partial charge in [0.25, 0.3) is 0 Å². The van der Waals surface area contributed by atoms with Crippen LogP contribution in [-0.2, 0) is 11.2 Å². The maximum atomic E-state index is 12.8. The van der Waals surface area contributed by atoms with E-state index in [1.807, 2.05) is 0 Å². The van der Waals surface area contributed by atoms with Crippen molar-refractivity contribution in [2.45, 2.75) is 51.4 Å². The number of Topliss-reactive ketones (excluding diaryl/α,β-unsaturated/α-hetero) is 1. The maximum absolute atomic E-state index is 12.8. The quantitative estimate of drug-likeness (QED) is 0.908. The molecule has 0 saturated carbocycles. The lowest BCUT2D eigenvalue weighted by molar-refractivity contribution is -0.128. The number of benzene rings is 1. The molecular weight excluding hydrogens is 246 g/mol. The average Bonchev–Trinajstić information content (AvgIpc) is 2.98. The number of carbonyl (C=O) groups is 1. The van der Waals surface area contributed by atoms with Crippen molar-refractivity contribution in [3.63, 3.8) is 0 Å². The maximum Gasteiger partial charge on any atom is 0.140 e. The largest absolute Gasteiger partial charge is 0.316 e. The monoisotopic (exact) mass is 271 g/mol. The van der Waals surface area contributed by atoms with E-state index in [9.17, 15) is 4.79 Å². The first-order valence-electron chi connectivity index (χ1n) is 8.07. The van der Waals surface area contributed by atoms with Gasteiger partial charge < -0.3 is 5.32 Å². The first-order valence-corrected chi connectivity index (χ1v) is 8.07. The van der Waals surface area contributed by atoms with Gasteiger partial charge in [-0.1, -0.05) is 31.2 Å². The Morgan fingerprint density at radius 3 is 3.00 bits per heavy atom. The summed E-state index contributed by atoms with van der Waals surface area (Å²) in [5.74, 6) is 0.947. The fourth-order valence-electron chi connectivity index (χ4n) is 3.99. The van der Waals surface area contributed by atoms with Crippen molar-refractivity contribution < 1.29 is 4.79 Å². The minimum atomic E-state index is -0.0770. The molecule has 0 radical (unpaired) electrons. The Labute approximate surface area is 122 Å². The molecule has 2 unspecified atom stereocenters. The predicted octanol–water partition coefficient (Wildman–Crippen LogP) is 3.46. The normalized spacial score (nSPS) is 29.1. The Kier molecular flexibility index (Phi) is 3.93. The van der Waals surface area contributed by atoms with E-state index in [-0.39, 0.29) is 5.41 Å². The number of nitrogens with one attached hydrogen (secondary N) is 1. The first kappa shape index (κ1) is 13.8. The molecule has 1 aliphatic carbocycles. The van der Waals surface area contributed by atoms with Crippen molar-refractivity contribution in [3.8, 4) is 0 Å². The van der Waals surface area contributed by atoms with Crippen molar-refractivity contribution in [2.75, 3.05) is 13.1 Å². The van der Waals surface area contributed by atoms with Gasteiger partial charge in [0, 0.05) is 18.4 Å². The topological polar surface area (TPSA) is 29.1 Å². The van der Waals surface area contributed by atoms with Crippen LogP contribution >= 0.6 is 0 Å². The summed E-state index contributed by atoms with van der Waals surface area (Å²) in [5.41, 5.74) is 2.82. The molecule has 1 saturated heterocycles. The highest BCUT2D eigenvalue weighted by atomic mass is 16.1. The molecule has 1 N–H and O–H groups in total. The second-order valence-corrected chi connectivity index (χ2v) is 6.48. The van der Waals surface area contributed by atoms with Crippen LogP contribution in [0.3, 0.4) is 0 Å². The lowest BCUT2D eigenvalue weighted by atomic mass is 9.73. The summed E-state index contributed by atoms with van der Waals surface area (Å²) in [6.45, 7) is 4.05. The van der Waals surface area contributed by atoms with E-state index in [1.165, 1.54) is 30.4 Å². The van der Waals surface area contributed by atoms with Crippen molar-refractivity contribution in [1.29, 1.82) is 0 Å². The smallest absolute Gasteiger partial charge is 0.140 e. The lowest BCUT2D eigenvalue weighted by Crippen LogP contribution is -2.34. The van der Waals surface area contributed by atoms with Gasteiger partial charge in [0.15, 0.2) is 0 Å². The molecule has 2 nitrogen and oxygen atoms in total. The summed E-state index contributed by atoms with van der Waals surface area (Å²) in [5, 5.41) is 3.38. The molecule has 0 amide bonds. The molecule has 3 rings (SSSR count). The molecule has 1 aliphatic heterocycles. The summed E-state index contributed by atoms with van der Waals surface area (Å²) < 4.78 is 0. The summed E-state index contributed by atoms with van der Waals surface area (Å²) in [6, 6.07) is 8.71. The molecule has 2 aliphatic rings. The van der Waals surface area contributed by atoms with E-state index in [0.29, 0.717) is 11.7 Å². The SMILES string of the molecule is CCC1(C(=O)CC2CCCc3ccccc32)CCNC1. The van der Waals surface area contributed by atoms with Gasteiger partial charge in [0.2, 0.25) is 0 Å². The highest BCUT2D eigenvalue weighted by Crippen LogP contribution is 2.39. The van der Waals surface area contributed by atoms with Crippen LogP contribution in [0.4, 0.5) is 0 Å². The Bertz CT molecular complexity index is 488. The molecule has 1 fully saturated rings. The molecule has 2 heteroatoms. The third-order valence-electron chi connectivity index (χ3n) is 5.44. The van der Waals surface area contributed by atoms with E-state index in [4.69, 9.17) is 0 Å². The van der Waals surface area contributed by atoms with Crippen LogP contribution in [0.5, 0.6) is 0 Å². The highest BCUT2D eigenvalue weighted by Gasteiger charge is 2.40. The van der Waals surface area contributed by atoms with Gasteiger partial charge in [-0.05, 0) is 55.7 Å². The Morgan fingerprint density at radius 1 is 1.40 bits per heavy atom. The molecule has 20 heavy (non-hydrogen) atoms. The van der Waals surface area contributed by atoms with E-state index in [0.717, 1.165) is 32.4 Å². The lowest BCUT2D eigenvalue weighted by Gasteiger charge is -2.30. The van der Waals surface area contributed by atoms with Gasteiger partial charge in [-0.2, -0.15) is 0 Å². The molecule has 0 aromatic heterocycles. The zero-order chi connectivity index (χ0) is 14.0. The average molecular weight is 271 g/mol. The first-order chi connectivity index (χ1) is 9.75. The van der Waals surface area contributed by atoms with Gasteiger partial charge in [0.05, 0.1) is 0 Å². The Hall–Kier alpha value is -1.15.